The lowest BCUT2D eigenvalue weighted by Gasteiger charge is -2.14. The molecule has 0 aromatic heterocycles. The molecule has 0 spiro atoms. The number of hydrogen-bond acceptors (Lipinski definition) is 3. The van der Waals surface area contributed by atoms with Crippen LogP contribution < -0.4 is 10.1 Å². The number of carbonyl (C=O) groups is 1. The molecule has 26 heavy (non-hydrogen) atoms. The molecule has 0 bridgehead atoms. The normalized spacial score (nSPS) is 10.8. The average Bonchev–Trinajstić information content (AvgIpc) is 2.50. The van der Waals surface area contributed by atoms with Gasteiger partial charge in [-0.05, 0) is 93.6 Å². The van der Waals surface area contributed by atoms with Crippen LogP contribution in [0.5, 0.6) is 5.75 Å². The maximum absolute atomic E-state index is 13.8. The first-order valence-electron chi connectivity index (χ1n) is 8.13. The number of anilines is 1. The Morgan fingerprint density at radius 1 is 1.15 bits per heavy atom. The highest BCUT2D eigenvalue weighted by Gasteiger charge is 2.11. The fraction of sp³-hybridized carbons (Fsp3) is 0.316. The summed E-state index contributed by atoms with van der Waals surface area (Å²) in [6.07, 6.45) is 0.495. The first kappa shape index (κ1) is 20.7. The van der Waals surface area contributed by atoms with E-state index >= 15 is 0 Å². The van der Waals surface area contributed by atoms with Gasteiger partial charge in [0.15, 0.2) is 0 Å². The molecule has 0 atom stereocenters. The third-order valence-electron chi connectivity index (χ3n) is 3.48. The monoisotopic (exact) mass is 487 g/mol. The zero-order valence-electron chi connectivity index (χ0n) is 14.5. The number of aliphatic carboxylic acids is 1. The summed E-state index contributed by atoms with van der Waals surface area (Å²) in [6, 6.07) is 8.61. The molecule has 0 aliphatic rings. The van der Waals surface area contributed by atoms with Crippen molar-refractivity contribution in [3.63, 3.8) is 0 Å². The van der Waals surface area contributed by atoms with E-state index in [0.29, 0.717) is 32.4 Å². The summed E-state index contributed by atoms with van der Waals surface area (Å²) < 4.78 is 21.1. The highest BCUT2D eigenvalue weighted by Crippen LogP contribution is 2.35. The predicted molar refractivity (Wildman–Crippen MR) is 107 cm³/mol. The lowest BCUT2D eigenvalue weighted by atomic mass is 10.1. The molecule has 0 saturated carbocycles. The van der Waals surface area contributed by atoms with Crippen LogP contribution in [0.3, 0.4) is 0 Å². The van der Waals surface area contributed by atoms with E-state index in [1.165, 1.54) is 12.1 Å². The molecule has 4 nitrogen and oxygen atoms in total. The number of ether oxygens (including phenoxy) is 1. The Labute approximate surface area is 169 Å². The molecule has 2 aromatic carbocycles. The maximum atomic E-state index is 13.8. The number of hydrogen-bond donors (Lipinski definition) is 2. The van der Waals surface area contributed by atoms with Crippen molar-refractivity contribution >= 4 is 43.5 Å². The van der Waals surface area contributed by atoms with Crippen molar-refractivity contribution in [2.45, 2.75) is 39.3 Å². The molecule has 140 valence electrons. The van der Waals surface area contributed by atoms with Crippen molar-refractivity contribution in [2.75, 3.05) is 5.32 Å². The van der Waals surface area contributed by atoms with E-state index in [-0.39, 0.29) is 24.9 Å². The van der Waals surface area contributed by atoms with Gasteiger partial charge in [-0.1, -0.05) is 0 Å². The van der Waals surface area contributed by atoms with Crippen molar-refractivity contribution in [1.29, 1.82) is 0 Å². The second-order valence-corrected chi connectivity index (χ2v) is 7.93. The molecule has 0 amide bonds. The number of benzene rings is 2. The molecule has 0 radical (unpaired) electrons. The summed E-state index contributed by atoms with van der Waals surface area (Å²) in [5.41, 5.74) is 2.30. The lowest BCUT2D eigenvalue weighted by Crippen LogP contribution is -2.10. The zero-order chi connectivity index (χ0) is 19.3. The molecule has 0 fully saturated rings. The van der Waals surface area contributed by atoms with E-state index in [1.807, 2.05) is 32.0 Å². The van der Waals surface area contributed by atoms with Crippen LogP contribution in [0.4, 0.5) is 10.1 Å². The van der Waals surface area contributed by atoms with Gasteiger partial charge in [0, 0.05) is 18.2 Å². The Kier molecular flexibility index (Phi) is 7.46. The van der Waals surface area contributed by atoms with Crippen LogP contribution in [0.25, 0.3) is 0 Å². The van der Waals surface area contributed by atoms with Gasteiger partial charge >= 0.3 is 5.97 Å². The van der Waals surface area contributed by atoms with Gasteiger partial charge in [0.1, 0.15) is 18.2 Å². The second kappa shape index (κ2) is 9.37. The van der Waals surface area contributed by atoms with Gasteiger partial charge in [-0.3, -0.25) is 4.79 Å². The van der Waals surface area contributed by atoms with E-state index < -0.39 is 5.97 Å². The Balaban J connectivity index is 2.12. The van der Waals surface area contributed by atoms with Gasteiger partial charge in [-0.25, -0.2) is 4.39 Å². The SMILES string of the molecule is CC(C)Nc1cc(F)cc(COc2c(Br)cc(CCC(=O)O)cc2Br)c1. The lowest BCUT2D eigenvalue weighted by molar-refractivity contribution is -0.136. The smallest absolute Gasteiger partial charge is 0.303 e. The number of rotatable bonds is 8. The molecular weight excluding hydrogens is 469 g/mol. The van der Waals surface area contributed by atoms with Crippen molar-refractivity contribution in [1.82, 2.24) is 0 Å². The molecule has 2 rings (SSSR count). The molecular formula is C19H20Br2FNO3. The molecule has 2 N–H and O–H groups in total. The summed E-state index contributed by atoms with van der Waals surface area (Å²) >= 11 is 6.90. The molecule has 0 aliphatic heterocycles. The van der Waals surface area contributed by atoms with Crippen LogP contribution >= 0.6 is 31.9 Å². The highest BCUT2D eigenvalue weighted by atomic mass is 79.9. The van der Waals surface area contributed by atoms with E-state index in [1.54, 1.807) is 0 Å². The Bertz CT molecular complexity index is 773. The molecule has 0 aliphatic carbocycles. The number of nitrogens with one attached hydrogen (secondary N) is 1. The molecule has 0 saturated heterocycles. The first-order valence-corrected chi connectivity index (χ1v) is 9.71. The summed E-state index contributed by atoms with van der Waals surface area (Å²) in [5, 5.41) is 12.0. The third-order valence-corrected chi connectivity index (χ3v) is 4.66. The molecule has 7 heteroatoms. The number of aryl methyl sites for hydroxylation is 1. The van der Waals surface area contributed by atoms with Crippen molar-refractivity contribution < 1.29 is 19.0 Å². The molecule has 0 heterocycles. The van der Waals surface area contributed by atoms with Crippen LogP contribution in [-0.2, 0) is 17.8 Å². The van der Waals surface area contributed by atoms with E-state index in [2.05, 4.69) is 37.2 Å². The molecule has 2 aromatic rings. The minimum absolute atomic E-state index is 0.0635. The standard InChI is InChI=1S/C19H20Br2FNO3/c1-11(2)23-15-6-13(5-14(22)9-15)10-26-19-16(20)7-12(8-17(19)21)3-4-18(24)25/h5-9,11,23H,3-4,10H2,1-2H3,(H,24,25). The highest BCUT2D eigenvalue weighted by molar-refractivity contribution is 9.11. The number of carboxylic acid groups (broad SMARTS) is 1. The van der Waals surface area contributed by atoms with Crippen molar-refractivity contribution in [3.8, 4) is 5.75 Å². The van der Waals surface area contributed by atoms with Crippen molar-refractivity contribution in [2.24, 2.45) is 0 Å². The van der Waals surface area contributed by atoms with Gasteiger partial charge in [-0.15, -0.1) is 0 Å². The average molecular weight is 489 g/mol. The maximum Gasteiger partial charge on any atom is 0.303 e. The van der Waals surface area contributed by atoms with E-state index in [4.69, 9.17) is 9.84 Å². The summed E-state index contributed by atoms with van der Waals surface area (Å²) in [6.45, 7) is 4.18. The van der Waals surface area contributed by atoms with Gasteiger partial charge in [0.25, 0.3) is 0 Å². The topological polar surface area (TPSA) is 58.6 Å². The van der Waals surface area contributed by atoms with Crippen molar-refractivity contribution in [3.05, 3.63) is 56.2 Å². The van der Waals surface area contributed by atoms with Crippen LogP contribution in [0.1, 0.15) is 31.4 Å². The zero-order valence-corrected chi connectivity index (χ0v) is 17.7. The fourth-order valence-electron chi connectivity index (χ4n) is 2.45. The van der Waals surface area contributed by atoms with Gasteiger partial charge < -0.3 is 15.2 Å². The van der Waals surface area contributed by atoms with E-state index in [0.717, 1.165) is 5.56 Å². The van der Waals surface area contributed by atoms with Crippen LogP contribution in [0.2, 0.25) is 0 Å². The summed E-state index contributed by atoms with van der Waals surface area (Å²) in [4.78, 5) is 10.7. The number of carboxylic acids is 1. The fourth-order valence-corrected chi connectivity index (χ4v) is 3.96. The third kappa shape index (κ3) is 6.29. The van der Waals surface area contributed by atoms with Gasteiger partial charge in [0.05, 0.1) is 8.95 Å². The first-order chi connectivity index (χ1) is 12.2. The largest absolute Gasteiger partial charge is 0.487 e. The van der Waals surface area contributed by atoms with Crippen LogP contribution in [-0.4, -0.2) is 17.1 Å². The predicted octanol–water partition coefficient (Wildman–Crippen LogP) is 5.77. The van der Waals surface area contributed by atoms with Gasteiger partial charge in [0.2, 0.25) is 0 Å². The quantitative estimate of drug-likeness (QED) is 0.495. The van der Waals surface area contributed by atoms with Crippen LogP contribution in [0, 0.1) is 5.82 Å². The minimum atomic E-state index is -0.838. The summed E-state index contributed by atoms with van der Waals surface area (Å²) in [7, 11) is 0. The number of halogens is 3. The summed E-state index contributed by atoms with van der Waals surface area (Å²) in [5.74, 6) is -0.572. The van der Waals surface area contributed by atoms with Gasteiger partial charge in [-0.2, -0.15) is 0 Å². The Morgan fingerprint density at radius 2 is 1.81 bits per heavy atom. The van der Waals surface area contributed by atoms with E-state index in [9.17, 15) is 9.18 Å². The van der Waals surface area contributed by atoms with Crippen LogP contribution in [0.15, 0.2) is 39.3 Å². The minimum Gasteiger partial charge on any atom is -0.487 e. The molecule has 0 unspecified atom stereocenters. The Morgan fingerprint density at radius 3 is 2.38 bits per heavy atom. The Hall–Kier alpha value is -1.60. The second-order valence-electron chi connectivity index (χ2n) is 6.22.